The zero-order valence-electron chi connectivity index (χ0n) is 12.7. The van der Waals surface area contributed by atoms with Crippen molar-refractivity contribution in [1.82, 2.24) is 5.32 Å². The molecule has 21 heavy (non-hydrogen) atoms. The highest BCUT2D eigenvalue weighted by Gasteiger charge is 2.18. The van der Waals surface area contributed by atoms with E-state index in [2.05, 4.69) is 29.6 Å². The van der Waals surface area contributed by atoms with Gasteiger partial charge >= 0.3 is 0 Å². The van der Waals surface area contributed by atoms with Gasteiger partial charge in [0.1, 0.15) is 0 Å². The van der Waals surface area contributed by atoms with Crippen molar-refractivity contribution in [3.05, 3.63) is 48.0 Å². The topological polar surface area (TPSA) is 49.3 Å². The summed E-state index contributed by atoms with van der Waals surface area (Å²) >= 11 is 0. The molecule has 0 radical (unpaired) electrons. The summed E-state index contributed by atoms with van der Waals surface area (Å²) in [6.07, 6.45) is 1.43. The minimum absolute atomic E-state index is 0.0191. The van der Waals surface area contributed by atoms with Gasteiger partial charge in [-0.05, 0) is 36.1 Å². The number of rotatable bonds is 6. The van der Waals surface area contributed by atoms with Crippen LogP contribution >= 0.6 is 0 Å². The zero-order chi connectivity index (χ0) is 15.2. The predicted molar refractivity (Wildman–Crippen MR) is 86.3 cm³/mol. The zero-order valence-corrected chi connectivity index (χ0v) is 12.7. The van der Waals surface area contributed by atoms with Gasteiger partial charge in [0.25, 0.3) is 0 Å². The van der Waals surface area contributed by atoms with Crippen molar-refractivity contribution in [2.24, 2.45) is 0 Å². The van der Waals surface area contributed by atoms with Gasteiger partial charge in [0.05, 0.1) is 5.92 Å². The lowest BCUT2D eigenvalue weighted by atomic mass is 9.96. The summed E-state index contributed by atoms with van der Waals surface area (Å²) in [5, 5.41) is 14.3. The molecule has 2 N–H and O–H groups in total. The molecular formula is C18H23NO2. The summed E-state index contributed by atoms with van der Waals surface area (Å²) in [5.74, 6) is -0.173. The van der Waals surface area contributed by atoms with Crippen LogP contribution in [0.2, 0.25) is 0 Å². The number of amides is 1. The fourth-order valence-corrected chi connectivity index (χ4v) is 2.49. The monoisotopic (exact) mass is 285 g/mol. The molecule has 0 aliphatic carbocycles. The molecule has 0 aliphatic rings. The third kappa shape index (κ3) is 3.82. The van der Waals surface area contributed by atoms with Crippen LogP contribution < -0.4 is 5.32 Å². The van der Waals surface area contributed by atoms with Crippen LogP contribution in [0.1, 0.15) is 38.2 Å². The average Bonchev–Trinajstić information content (AvgIpc) is 2.53. The predicted octanol–water partition coefficient (Wildman–Crippen LogP) is 3.22. The first-order valence-electron chi connectivity index (χ1n) is 7.55. The third-order valence-corrected chi connectivity index (χ3v) is 3.98. The number of carbonyl (C=O) groups excluding carboxylic acids is 1. The Bertz CT molecular complexity index is 609. The van der Waals surface area contributed by atoms with Crippen LogP contribution in [-0.2, 0) is 4.79 Å². The molecule has 2 aromatic carbocycles. The van der Waals surface area contributed by atoms with Crippen LogP contribution in [0.4, 0.5) is 0 Å². The van der Waals surface area contributed by atoms with Crippen molar-refractivity contribution < 1.29 is 9.90 Å². The van der Waals surface area contributed by atoms with Crippen LogP contribution in [0.25, 0.3) is 10.8 Å². The fraction of sp³-hybridized carbons (Fsp3) is 0.389. The van der Waals surface area contributed by atoms with Crippen LogP contribution in [-0.4, -0.2) is 23.7 Å². The molecule has 0 saturated carbocycles. The third-order valence-electron chi connectivity index (χ3n) is 3.98. The van der Waals surface area contributed by atoms with E-state index in [9.17, 15) is 4.79 Å². The number of fused-ring (bicyclic) bond motifs is 1. The van der Waals surface area contributed by atoms with Crippen molar-refractivity contribution in [3.8, 4) is 0 Å². The Morgan fingerprint density at radius 1 is 1.19 bits per heavy atom. The van der Waals surface area contributed by atoms with Gasteiger partial charge in [0.15, 0.2) is 0 Å². The van der Waals surface area contributed by atoms with Gasteiger partial charge in [-0.15, -0.1) is 0 Å². The molecule has 0 saturated heterocycles. The molecular weight excluding hydrogens is 262 g/mol. The number of nitrogens with one attached hydrogen (secondary N) is 1. The Balaban J connectivity index is 2.13. The second kappa shape index (κ2) is 7.23. The van der Waals surface area contributed by atoms with Gasteiger partial charge in [0.2, 0.25) is 5.91 Å². The molecule has 2 rings (SSSR count). The molecule has 3 heteroatoms. The van der Waals surface area contributed by atoms with Crippen LogP contribution in [0.3, 0.4) is 0 Å². The number of aliphatic hydroxyl groups excluding tert-OH is 1. The molecule has 1 amide bonds. The normalized spacial score (nSPS) is 13.9. The number of carbonyl (C=O) groups is 1. The SMILES string of the molecule is CCC(CCO)NC(=O)C(C)c1ccc2ccccc2c1. The Morgan fingerprint density at radius 3 is 2.57 bits per heavy atom. The lowest BCUT2D eigenvalue weighted by molar-refractivity contribution is -0.123. The van der Waals surface area contributed by atoms with Crippen molar-refractivity contribution in [2.75, 3.05) is 6.61 Å². The van der Waals surface area contributed by atoms with Gasteiger partial charge in [-0.2, -0.15) is 0 Å². The van der Waals surface area contributed by atoms with E-state index in [1.54, 1.807) is 0 Å². The Hall–Kier alpha value is -1.87. The first-order valence-corrected chi connectivity index (χ1v) is 7.55. The van der Waals surface area contributed by atoms with Crippen molar-refractivity contribution in [2.45, 2.75) is 38.6 Å². The number of aliphatic hydroxyl groups is 1. The molecule has 2 aromatic rings. The average molecular weight is 285 g/mol. The molecule has 0 fully saturated rings. The molecule has 3 nitrogen and oxygen atoms in total. The summed E-state index contributed by atoms with van der Waals surface area (Å²) in [6, 6.07) is 14.3. The van der Waals surface area contributed by atoms with Gasteiger partial charge in [-0.25, -0.2) is 0 Å². The molecule has 2 atom stereocenters. The lowest BCUT2D eigenvalue weighted by Gasteiger charge is -2.19. The van der Waals surface area contributed by atoms with E-state index in [1.807, 2.05) is 32.0 Å². The quantitative estimate of drug-likeness (QED) is 0.856. The van der Waals surface area contributed by atoms with Gasteiger partial charge < -0.3 is 10.4 Å². The summed E-state index contributed by atoms with van der Waals surface area (Å²) < 4.78 is 0. The first-order chi connectivity index (χ1) is 10.2. The van der Waals surface area contributed by atoms with E-state index >= 15 is 0 Å². The van der Waals surface area contributed by atoms with E-state index in [-0.39, 0.29) is 24.5 Å². The number of hydrogen-bond donors (Lipinski definition) is 2. The molecule has 0 spiro atoms. The highest BCUT2D eigenvalue weighted by Crippen LogP contribution is 2.22. The van der Waals surface area contributed by atoms with Gasteiger partial charge in [-0.3, -0.25) is 4.79 Å². The lowest BCUT2D eigenvalue weighted by Crippen LogP contribution is -2.37. The van der Waals surface area contributed by atoms with Crippen LogP contribution in [0.15, 0.2) is 42.5 Å². The standard InChI is InChI=1S/C18H23NO2/c1-3-17(10-11-20)19-18(21)13(2)15-9-8-14-6-4-5-7-16(14)12-15/h4-9,12-13,17,20H,3,10-11H2,1-2H3,(H,19,21). The molecule has 112 valence electrons. The second-order valence-corrected chi connectivity index (χ2v) is 5.45. The Labute approximate surface area is 126 Å². The Kier molecular flexibility index (Phi) is 5.34. The van der Waals surface area contributed by atoms with Crippen molar-refractivity contribution >= 4 is 16.7 Å². The van der Waals surface area contributed by atoms with Gasteiger partial charge in [0, 0.05) is 12.6 Å². The highest BCUT2D eigenvalue weighted by atomic mass is 16.3. The molecule has 0 aromatic heterocycles. The molecule has 0 bridgehead atoms. The maximum absolute atomic E-state index is 12.3. The fourth-order valence-electron chi connectivity index (χ4n) is 2.49. The van der Waals surface area contributed by atoms with E-state index in [4.69, 9.17) is 5.11 Å². The van der Waals surface area contributed by atoms with E-state index < -0.39 is 0 Å². The van der Waals surface area contributed by atoms with Crippen LogP contribution in [0.5, 0.6) is 0 Å². The largest absolute Gasteiger partial charge is 0.396 e. The first kappa shape index (κ1) is 15.5. The summed E-state index contributed by atoms with van der Waals surface area (Å²) in [6.45, 7) is 4.04. The Morgan fingerprint density at radius 2 is 1.90 bits per heavy atom. The second-order valence-electron chi connectivity index (χ2n) is 5.45. The maximum atomic E-state index is 12.3. The minimum atomic E-state index is -0.192. The van der Waals surface area contributed by atoms with Crippen molar-refractivity contribution in [3.63, 3.8) is 0 Å². The van der Waals surface area contributed by atoms with Gasteiger partial charge in [-0.1, -0.05) is 49.4 Å². The maximum Gasteiger partial charge on any atom is 0.227 e. The summed E-state index contributed by atoms with van der Waals surface area (Å²) in [4.78, 5) is 12.3. The molecule has 0 heterocycles. The molecule has 2 unspecified atom stereocenters. The van der Waals surface area contributed by atoms with E-state index in [0.29, 0.717) is 6.42 Å². The minimum Gasteiger partial charge on any atom is -0.396 e. The number of benzene rings is 2. The van der Waals surface area contributed by atoms with E-state index in [1.165, 1.54) is 5.39 Å². The van der Waals surface area contributed by atoms with Crippen molar-refractivity contribution in [1.29, 1.82) is 0 Å². The summed E-state index contributed by atoms with van der Waals surface area (Å²) in [7, 11) is 0. The summed E-state index contributed by atoms with van der Waals surface area (Å²) in [5.41, 5.74) is 1.02. The molecule has 0 aliphatic heterocycles. The highest BCUT2D eigenvalue weighted by molar-refractivity contribution is 5.87. The smallest absolute Gasteiger partial charge is 0.227 e. The van der Waals surface area contributed by atoms with E-state index in [0.717, 1.165) is 17.4 Å². The number of hydrogen-bond acceptors (Lipinski definition) is 2. The van der Waals surface area contributed by atoms with Crippen LogP contribution in [0, 0.1) is 0 Å².